The summed E-state index contributed by atoms with van der Waals surface area (Å²) in [4.78, 5) is 25.5. The summed E-state index contributed by atoms with van der Waals surface area (Å²) in [5.41, 5.74) is 6.68. The van der Waals surface area contributed by atoms with Gasteiger partial charge in [0.25, 0.3) is 11.3 Å². The molecule has 4 rings (SSSR count). The van der Waals surface area contributed by atoms with Gasteiger partial charge >= 0.3 is 5.91 Å². The van der Waals surface area contributed by atoms with E-state index in [1.54, 1.807) is 58.2 Å². The summed E-state index contributed by atoms with van der Waals surface area (Å²) in [5, 5.41) is 6.63. The van der Waals surface area contributed by atoms with E-state index in [4.69, 9.17) is 0 Å². The quantitative estimate of drug-likeness (QED) is 0.657. The minimum Gasteiger partial charge on any atom is -0.267 e. The van der Waals surface area contributed by atoms with Gasteiger partial charge in [0.2, 0.25) is 6.20 Å². The molecule has 2 amide bonds. The Hall–Kier alpha value is -4.32. The molecule has 158 valence electrons. The van der Waals surface area contributed by atoms with Crippen molar-refractivity contribution < 1.29 is 14.0 Å². The number of rotatable bonds is 3. The van der Waals surface area contributed by atoms with E-state index in [-0.39, 0.29) is 11.8 Å². The zero-order chi connectivity index (χ0) is 22.5. The number of aryl methyl sites for hydroxylation is 1. The topological polar surface area (TPSA) is 67.7 Å². The number of amides is 2. The van der Waals surface area contributed by atoms with Crippen molar-refractivity contribution in [1.29, 1.82) is 0 Å². The third-order valence-corrected chi connectivity index (χ3v) is 4.94. The number of aromatic nitrogens is 1. The first-order valence-corrected chi connectivity index (χ1v) is 10.2. The molecule has 2 heterocycles. The Labute approximate surface area is 186 Å². The highest BCUT2D eigenvalue weighted by Gasteiger charge is 2.19. The molecule has 1 N–H and O–H groups in total. The number of hydrogen-bond acceptors (Lipinski definition) is 3. The molecule has 1 aliphatic rings. The van der Waals surface area contributed by atoms with Gasteiger partial charge in [-0.25, -0.2) is 0 Å². The van der Waals surface area contributed by atoms with Crippen molar-refractivity contribution in [2.24, 2.45) is 5.11 Å². The van der Waals surface area contributed by atoms with Crippen LogP contribution in [0.5, 0.6) is 0 Å². The zero-order valence-electron chi connectivity index (χ0n) is 17.9. The lowest BCUT2D eigenvalue weighted by Gasteiger charge is -2.24. The number of nitrogens with zero attached hydrogens (tertiary/aromatic N) is 3. The highest BCUT2D eigenvalue weighted by Crippen LogP contribution is 2.15. The van der Waals surface area contributed by atoms with Crippen LogP contribution in [0.25, 0.3) is 5.70 Å². The van der Waals surface area contributed by atoms with Crippen LogP contribution in [0.2, 0.25) is 0 Å². The second kappa shape index (κ2) is 9.22. The third-order valence-electron chi connectivity index (χ3n) is 4.94. The molecular formula is C26H23N4O2+. The average Bonchev–Trinajstić information content (AvgIpc) is 2.82. The molecule has 6 heteroatoms. The van der Waals surface area contributed by atoms with Gasteiger partial charge in [-0.1, -0.05) is 36.4 Å². The fourth-order valence-electron chi connectivity index (χ4n) is 3.28. The van der Waals surface area contributed by atoms with Gasteiger partial charge in [-0.05, 0) is 65.8 Å². The molecule has 3 aromatic rings. The molecule has 0 aliphatic carbocycles. The first-order valence-electron chi connectivity index (χ1n) is 10.2. The highest BCUT2D eigenvalue weighted by atomic mass is 16.2. The highest BCUT2D eigenvalue weighted by molar-refractivity contribution is 5.94. The summed E-state index contributed by atoms with van der Waals surface area (Å²) in [6.45, 7) is 3.94. The molecule has 0 saturated heterocycles. The molecule has 2 aromatic carbocycles. The first kappa shape index (κ1) is 20.9. The van der Waals surface area contributed by atoms with Crippen molar-refractivity contribution in [1.82, 2.24) is 10.4 Å². The van der Waals surface area contributed by atoms with E-state index in [1.165, 1.54) is 0 Å². The minimum atomic E-state index is -0.353. The van der Waals surface area contributed by atoms with Crippen LogP contribution < -0.4 is 15.1 Å². The van der Waals surface area contributed by atoms with Gasteiger partial charge in [0, 0.05) is 29.5 Å². The number of nitrogens with one attached hydrogen (secondary N) is 1. The van der Waals surface area contributed by atoms with Crippen LogP contribution in [0.4, 0.5) is 0 Å². The van der Waals surface area contributed by atoms with Crippen LogP contribution in [-0.2, 0) is 0 Å². The van der Waals surface area contributed by atoms with Gasteiger partial charge in [-0.2, -0.15) is 0 Å². The Bertz CT molecular complexity index is 1340. The van der Waals surface area contributed by atoms with E-state index in [9.17, 15) is 9.59 Å². The van der Waals surface area contributed by atoms with E-state index in [2.05, 4.69) is 10.5 Å². The summed E-state index contributed by atoms with van der Waals surface area (Å²) < 4.78 is 1.54. The molecule has 6 nitrogen and oxygen atoms in total. The lowest BCUT2D eigenvalue weighted by molar-refractivity contribution is -0.557. The molecule has 1 aliphatic heterocycles. The van der Waals surface area contributed by atoms with E-state index >= 15 is 0 Å². The van der Waals surface area contributed by atoms with Crippen molar-refractivity contribution >= 4 is 17.5 Å². The maximum absolute atomic E-state index is 12.8. The number of carbonyl (C=O) groups is 2. The Morgan fingerprint density at radius 2 is 1.56 bits per heavy atom. The van der Waals surface area contributed by atoms with Crippen molar-refractivity contribution in [3.63, 3.8) is 0 Å². The average molecular weight is 423 g/mol. The van der Waals surface area contributed by atoms with E-state index < -0.39 is 0 Å². The van der Waals surface area contributed by atoms with Crippen molar-refractivity contribution in [2.45, 2.75) is 13.8 Å². The van der Waals surface area contributed by atoms with Crippen molar-refractivity contribution in [3.8, 4) is 0 Å². The Kier molecular flexibility index (Phi) is 6.03. The molecule has 0 saturated carbocycles. The fraction of sp³-hybridized carbons (Fsp3) is 0.0769. The Balaban J connectivity index is 1.83. The summed E-state index contributed by atoms with van der Waals surface area (Å²) in [5.74, 6) is -0.592. The predicted molar refractivity (Wildman–Crippen MR) is 122 cm³/mol. The first-order chi connectivity index (χ1) is 15.5. The van der Waals surface area contributed by atoms with Crippen LogP contribution in [0, 0.1) is 6.92 Å². The standard InChI is InChI=1S/C26H22N4O2/c1-19-13-15-29(27-25(31)21-9-5-3-6-10-21)23(17-19)24-18-20(2)14-16-30(24)28-26(32)22-11-7-4-8-12-22/h3-18H,1-2H3/p+1/b24-23-,29-27?. The van der Waals surface area contributed by atoms with Gasteiger partial charge in [-0.3, -0.25) is 20.0 Å². The van der Waals surface area contributed by atoms with Crippen LogP contribution >= 0.6 is 0 Å². The lowest BCUT2D eigenvalue weighted by Crippen LogP contribution is -2.46. The smallest absolute Gasteiger partial charge is 0.267 e. The number of benzene rings is 2. The number of carbonyl (C=O) groups excluding carboxylic acids is 2. The molecule has 0 radical (unpaired) electrons. The predicted octanol–water partition coefficient (Wildman–Crippen LogP) is 3.38. The van der Waals surface area contributed by atoms with Gasteiger partial charge in [0.1, 0.15) is 5.70 Å². The monoisotopic (exact) mass is 423 g/mol. The SMILES string of the molecule is CC1=C/C(=c2\cc(C)cc[n+]2=NC(=O)c2ccccc2)N(NC(=O)c2ccccc2)C=C1. The summed E-state index contributed by atoms with van der Waals surface area (Å²) >= 11 is 0. The third kappa shape index (κ3) is 4.70. The van der Waals surface area contributed by atoms with E-state index in [1.807, 2.05) is 62.4 Å². The summed E-state index contributed by atoms with van der Waals surface area (Å²) in [6.07, 6.45) is 7.38. The largest absolute Gasteiger partial charge is 0.339 e. The lowest BCUT2D eigenvalue weighted by atomic mass is 10.1. The molecular weight excluding hydrogens is 400 g/mol. The fourth-order valence-corrected chi connectivity index (χ4v) is 3.28. The summed E-state index contributed by atoms with van der Waals surface area (Å²) in [6, 6.07) is 21.7. The maximum Gasteiger partial charge on any atom is 0.339 e. The van der Waals surface area contributed by atoms with E-state index in [0.29, 0.717) is 22.2 Å². The number of hydrogen-bond donors (Lipinski definition) is 1. The molecule has 0 atom stereocenters. The second-order valence-electron chi connectivity index (χ2n) is 7.47. The summed E-state index contributed by atoms with van der Waals surface area (Å²) in [7, 11) is 0. The number of pyridine rings is 1. The Morgan fingerprint density at radius 1 is 0.906 bits per heavy atom. The molecule has 1 aromatic heterocycles. The molecule has 0 bridgehead atoms. The normalized spacial score (nSPS) is 15.4. The van der Waals surface area contributed by atoms with Gasteiger partial charge in [0.05, 0.1) is 5.11 Å². The van der Waals surface area contributed by atoms with Crippen molar-refractivity contribution in [2.75, 3.05) is 0 Å². The van der Waals surface area contributed by atoms with E-state index in [0.717, 1.165) is 11.1 Å². The maximum atomic E-state index is 12.8. The van der Waals surface area contributed by atoms with Crippen LogP contribution in [-0.4, -0.2) is 16.8 Å². The molecule has 32 heavy (non-hydrogen) atoms. The van der Waals surface area contributed by atoms with Crippen molar-refractivity contribution in [3.05, 3.63) is 125 Å². The molecule has 0 fully saturated rings. The van der Waals surface area contributed by atoms with Gasteiger partial charge in [0.15, 0.2) is 0 Å². The number of hydrazine groups is 1. The van der Waals surface area contributed by atoms with Crippen LogP contribution in [0.15, 0.2) is 108 Å². The zero-order valence-corrected chi connectivity index (χ0v) is 17.9. The number of allylic oxidation sites excluding steroid dienone is 2. The van der Waals surface area contributed by atoms with Gasteiger partial charge < -0.3 is 0 Å². The molecule has 0 spiro atoms. The van der Waals surface area contributed by atoms with Crippen LogP contribution in [0.3, 0.4) is 0 Å². The second-order valence-corrected chi connectivity index (χ2v) is 7.47. The molecule has 0 unspecified atom stereocenters. The van der Waals surface area contributed by atoms with Gasteiger partial charge in [-0.15, -0.1) is 0 Å². The van der Waals surface area contributed by atoms with Crippen LogP contribution in [0.1, 0.15) is 33.2 Å². The minimum absolute atomic E-state index is 0.239. The Morgan fingerprint density at radius 3 is 2.25 bits per heavy atom.